The molecule has 0 saturated carbocycles. The fraction of sp³-hybridized carbons (Fsp3) is 0.182. The molecular weight excluding hydrogens is 192 g/mol. The lowest BCUT2D eigenvalue weighted by Crippen LogP contribution is -1.99. The SMILES string of the molecule is NCc1scnc1Cc1ccccc1. The summed E-state index contributed by atoms with van der Waals surface area (Å²) < 4.78 is 0. The summed E-state index contributed by atoms with van der Waals surface area (Å²) in [5.41, 5.74) is 9.88. The van der Waals surface area contributed by atoms with E-state index in [1.807, 2.05) is 23.7 Å². The largest absolute Gasteiger partial charge is 0.326 e. The van der Waals surface area contributed by atoms with Crippen LogP contribution < -0.4 is 5.73 Å². The Morgan fingerprint density at radius 1 is 1.21 bits per heavy atom. The Balaban J connectivity index is 2.19. The van der Waals surface area contributed by atoms with E-state index in [-0.39, 0.29) is 0 Å². The third-order valence-electron chi connectivity index (χ3n) is 2.13. The molecule has 2 rings (SSSR count). The van der Waals surface area contributed by atoms with Crippen molar-refractivity contribution in [3.05, 3.63) is 52.0 Å². The molecule has 0 atom stereocenters. The third-order valence-corrected chi connectivity index (χ3v) is 3.02. The molecule has 2 aromatic rings. The summed E-state index contributed by atoms with van der Waals surface area (Å²) in [6.45, 7) is 0.590. The average molecular weight is 204 g/mol. The summed E-state index contributed by atoms with van der Waals surface area (Å²) >= 11 is 1.63. The lowest BCUT2D eigenvalue weighted by molar-refractivity contribution is 1.01. The number of thiazole rings is 1. The number of nitrogens with zero attached hydrogens (tertiary/aromatic N) is 1. The van der Waals surface area contributed by atoms with Crippen molar-refractivity contribution in [3.63, 3.8) is 0 Å². The zero-order valence-corrected chi connectivity index (χ0v) is 8.63. The smallest absolute Gasteiger partial charge is 0.0798 e. The van der Waals surface area contributed by atoms with E-state index in [4.69, 9.17) is 5.73 Å². The van der Waals surface area contributed by atoms with Gasteiger partial charge in [0, 0.05) is 17.8 Å². The van der Waals surface area contributed by atoms with Crippen LogP contribution >= 0.6 is 11.3 Å². The van der Waals surface area contributed by atoms with Crippen molar-refractivity contribution < 1.29 is 0 Å². The number of benzene rings is 1. The van der Waals surface area contributed by atoms with Crippen LogP contribution in [0.1, 0.15) is 16.1 Å². The summed E-state index contributed by atoms with van der Waals surface area (Å²) in [6, 6.07) is 10.3. The van der Waals surface area contributed by atoms with E-state index in [9.17, 15) is 0 Å². The topological polar surface area (TPSA) is 38.9 Å². The predicted octanol–water partition coefficient (Wildman–Crippen LogP) is 2.19. The molecule has 1 aromatic heterocycles. The number of rotatable bonds is 3. The minimum Gasteiger partial charge on any atom is -0.326 e. The van der Waals surface area contributed by atoms with E-state index >= 15 is 0 Å². The maximum Gasteiger partial charge on any atom is 0.0798 e. The molecule has 72 valence electrons. The van der Waals surface area contributed by atoms with Crippen molar-refractivity contribution >= 4 is 11.3 Å². The Hall–Kier alpha value is -1.19. The van der Waals surface area contributed by atoms with Crippen molar-refractivity contribution in [2.24, 2.45) is 5.73 Å². The van der Waals surface area contributed by atoms with Gasteiger partial charge in [-0.2, -0.15) is 0 Å². The first-order valence-corrected chi connectivity index (χ1v) is 5.43. The monoisotopic (exact) mass is 204 g/mol. The lowest BCUT2D eigenvalue weighted by Gasteiger charge is -1.99. The van der Waals surface area contributed by atoms with E-state index in [0.29, 0.717) is 6.54 Å². The van der Waals surface area contributed by atoms with Crippen molar-refractivity contribution in [3.8, 4) is 0 Å². The minimum atomic E-state index is 0.590. The second kappa shape index (κ2) is 4.35. The molecule has 0 spiro atoms. The van der Waals surface area contributed by atoms with E-state index in [1.54, 1.807) is 11.3 Å². The highest BCUT2D eigenvalue weighted by Gasteiger charge is 2.04. The molecule has 14 heavy (non-hydrogen) atoms. The third kappa shape index (κ3) is 2.00. The highest BCUT2D eigenvalue weighted by molar-refractivity contribution is 7.09. The van der Waals surface area contributed by atoms with Crippen molar-refractivity contribution in [2.45, 2.75) is 13.0 Å². The highest BCUT2D eigenvalue weighted by atomic mass is 32.1. The zero-order valence-electron chi connectivity index (χ0n) is 7.81. The van der Waals surface area contributed by atoms with Crippen LogP contribution in [0.15, 0.2) is 35.8 Å². The van der Waals surface area contributed by atoms with Gasteiger partial charge in [-0.05, 0) is 5.56 Å². The summed E-state index contributed by atoms with van der Waals surface area (Å²) in [7, 11) is 0. The van der Waals surface area contributed by atoms with E-state index in [0.717, 1.165) is 12.1 Å². The van der Waals surface area contributed by atoms with Crippen LogP contribution in [0.4, 0.5) is 0 Å². The molecule has 1 aromatic carbocycles. The standard InChI is InChI=1S/C11H12N2S/c12-7-11-10(13-8-14-11)6-9-4-2-1-3-5-9/h1-5,8H,6-7,12H2. The van der Waals surface area contributed by atoms with Crippen LogP contribution in [-0.4, -0.2) is 4.98 Å². The Morgan fingerprint density at radius 2 is 2.00 bits per heavy atom. The van der Waals surface area contributed by atoms with Gasteiger partial charge in [-0.25, -0.2) is 4.98 Å². The molecule has 0 unspecified atom stereocenters. The maximum absolute atomic E-state index is 5.62. The molecule has 0 aliphatic rings. The van der Waals surface area contributed by atoms with Crippen molar-refractivity contribution in [2.75, 3.05) is 0 Å². The molecule has 0 aliphatic carbocycles. The van der Waals surface area contributed by atoms with Crippen LogP contribution in [0.25, 0.3) is 0 Å². The first-order valence-electron chi connectivity index (χ1n) is 4.55. The second-order valence-corrected chi connectivity index (χ2v) is 4.03. The van der Waals surface area contributed by atoms with Gasteiger partial charge in [-0.15, -0.1) is 11.3 Å². The maximum atomic E-state index is 5.62. The number of nitrogens with two attached hydrogens (primary N) is 1. The molecule has 1 heterocycles. The Kier molecular flexibility index (Phi) is 2.91. The fourth-order valence-electron chi connectivity index (χ4n) is 1.39. The van der Waals surface area contributed by atoms with Crippen LogP contribution in [-0.2, 0) is 13.0 Å². The Morgan fingerprint density at radius 3 is 2.71 bits per heavy atom. The van der Waals surface area contributed by atoms with Gasteiger partial charge in [-0.1, -0.05) is 30.3 Å². The first-order chi connectivity index (χ1) is 6.90. The number of hydrogen-bond acceptors (Lipinski definition) is 3. The molecule has 0 aliphatic heterocycles. The van der Waals surface area contributed by atoms with Gasteiger partial charge in [-0.3, -0.25) is 0 Å². The Labute approximate surface area is 87.4 Å². The fourth-order valence-corrected chi connectivity index (χ4v) is 2.06. The summed E-state index contributed by atoms with van der Waals surface area (Å²) in [5, 5.41) is 0. The van der Waals surface area contributed by atoms with Gasteiger partial charge in [0.2, 0.25) is 0 Å². The molecule has 0 bridgehead atoms. The van der Waals surface area contributed by atoms with Gasteiger partial charge in [0.15, 0.2) is 0 Å². The van der Waals surface area contributed by atoms with E-state index < -0.39 is 0 Å². The van der Waals surface area contributed by atoms with Gasteiger partial charge in [0.25, 0.3) is 0 Å². The molecule has 2 N–H and O–H groups in total. The molecule has 0 amide bonds. The lowest BCUT2D eigenvalue weighted by atomic mass is 10.1. The predicted molar refractivity (Wildman–Crippen MR) is 59.3 cm³/mol. The van der Waals surface area contributed by atoms with E-state index in [2.05, 4.69) is 17.1 Å². The normalized spacial score (nSPS) is 10.4. The van der Waals surface area contributed by atoms with Gasteiger partial charge >= 0.3 is 0 Å². The molecule has 3 heteroatoms. The minimum absolute atomic E-state index is 0.590. The summed E-state index contributed by atoms with van der Waals surface area (Å²) in [5.74, 6) is 0. The summed E-state index contributed by atoms with van der Waals surface area (Å²) in [6.07, 6.45) is 0.886. The first kappa shape index (κ1) is 9.37. The van der Waals surface area contributed by atoms with Crippen molar-refractivity contribution in [1.29, 1.82) is 0 Å². The second-order valence-electron chi connectivity index (χ2n) is 3.09. The van der Waals surface area contributed by atoms with Gasteiger partial charge in [0.1, 0.15) is 0 Å². The molecule has 2 nitrogen and oxygen atoms in total. The van der Waals surface area contributed by atoms with Gasteiger partial charge < -0.3 is 5.73 Å². The number of hydrogen-bond donors (Lipinski definition) is 1. The number of aromatic nitrogens is 1. The molecule has 0 fully saturated rings. The highest BCUT2D eigenvalue weighted by Crippen LogP contribution is 2.16. The average Bonchev–Trinajstić information content (AvgIpc) is 2.67. The zero-order chi connectivity index (χ0) is 9.80. The van der Waals surface area contributed by atoms with E-state index in [1.165, 1.54) is 10.4 Å². The summed E-state index contributed by atoms with van der Waals surface area (Å²) in [4.78, 5) is 5.51. The van der Waals surface area contributed by atoms with Crippen molar-refractivity contribution in [1.82, 2.24) is 4.98 Å². The van der Waals surface area contributed by atoms with Crippen LogP contribution in [0.2, 0.25) is 0 Å². The van der Waals surface area contributed by atoms with Crippen LogP contribution in [0.5, 0.6) is 0 Å². The Bertz CT molecular complexity index is 395. The molecule has 0 saturated heterocycles. The van der Waals surface area contributed by atoms with Crippen LogP contribution in [0.3, 0.4) is 0 Å². The molecule has 0 radical (unpaired) electrons. The molecular formula is C11H12N2S. The quantitative estimate of drug-likeness (QED) is 0.832. The van der Waals surface area contributed by atoms with Crippen LogP contribution in [0, 0.1) is 0 Å². The van der Waals surface area contributed by atoms with Gasteiger partial charge in [0.05, 0.1) is 11.2 Å².